The number of carbonyl (C=O) groups is 1. The normalized spacial score (nSPS) is 10.8. The van der Waals surface area contributed by atoms with Gasteiger partial charge in [0.2, 0.25) is 0 Å². The van der Waals surface area contributed by atoms with Gasteiger partial charge in [-0.05, 0) is 61.4 Å². The number of halogens is 1. The smallest absolute Gasteiger partial charge is 0.262 e. The Bertz CT molecular complexity index is 1010. The quantitative estimate of drug-likeness (QED) is 0.545. The van der Waals surface area contributed by atoms with E-state index in [1.165, 1.54) is 0 Å². The van der Waals surface area contributed by atoms with E-state index in [9.17, 15) is 4.79 Å². The highest BCUT2D eigenvalue weighted by atomic mass is 35.5. The lowest BCUT2D eigenvalue weighted by Gasteiger charge is -2.10. The first-order valence-electron chi connectivity index (χ1n) is 8.90. The molecule has 1 amide bonds. The van der Waals surface area contributed by atoms with E-state index in [0.29, 0.717) is 16.3 Å². The maximum Gasteiger partial charge on any atom is 0.262 e. The molecule has 0 radical (unpaired) electrons. The molecule has 0 saturated heterocycles. The van der Waals surface area contributed by atoms with E-state index in [4.69, 9.17) is 16.3 Å². The zero-order chi connectivity index (χ0) is 19.9. The Kier molecular flexibility index (Phi) is 6.45. The standard InChI is InChI=1S/C23H21ClN2O2/c1-16-6-5-8-20(12-16)26-23(27)15-28-22-11-10-19(24)13-18(22)14-25-21-9-4-3-7-17(21)2/h3-14H,15H2,1-2H3,(H,26,27). The van der Waals surface area contributed by atoms with Crippen LogP contribution in [0.4, 0.5) is 11.4 Å². The van der Waals surface area contributed by atoms with Crippen molar-refractivity contribution < 1.29 is 9.53 Å². The first-order valence-corrected chi connectivity index (χ1v) is 9.27. The van der Waals surface area contributed by atoms with Crippen molar-refractivity contribution in [3.05, 3.63) is 88.4 Å². The molecular formula is C23H21ClN2O2. The van der Waals surface area contributed by atoms with E-state index >= 15 is 0 Å². The number of nitrogens with one attached hydrogen (secondary N) is 1. The third-order valence-corrected chi connectivity index (χ3v) is 4.33. The second kappa shape index (κ2) is 9.20. The molecule has 0 atom stereocenters. The number of carbonyl (C=O) groups excluding carboxylic acids is 1. The lowest BCUT2D eigenvalue weighted by Crippen LogP contribution is -2.20. The van der Waals surface area contributed by atoms with Crippen molar-refractivity contribution in [3.8, 4) is 5.75 Å². The maximum atomic E-state index is 12.2. The van der Waals surface area contributed by atoms with E-state index in [1.54, 1.807) is 24.4 Å². The maximum absolute atomic E-state index is 12.2. The Labute approximate surface area is 169 Å². The van der Waals surface area contributed by atoms with E-state index < -0.39 is 0 Å². The molecule has 0 aliphatic carbocycles. The van der Waals surface area contributed by atoms with Gasteiger partial charge in [-0.1, -0.05) is 41.9 Å². The molecule has 0 saturated carbocycles. The first kappa shape index (κ1) is 19.6. The largest absolute Gasteiger partial charge is 0.483 e. The number of nitrogens with zero attached hydrogens (tertiary/aromatic N) is 1. The van der Waals surface area contributed by atoms with Crippen LogP contribution in [0, 0.1) is 13.8 Å². The van der Waals surface area contributed by atoms with Gasteiger partial charge < -0.3 is 10.1 Å². The van der Waals surface area contributed by atoms with Crippen LogP contribution in [0.2, 0.25) is 5.02 Å². The van der Waals surface area contributed by atoms with Gasteiger partial charge in [0.25, 0.3) is 5.91 Å². The number of benzene rings is 3. The van der Waals surface area contributed by atoms with Gasteiger partial charge in [0.05, 0.1) is 5.69 Å². The fourth-order valence-corrected chi connectivity index (χ4v) is 2.84. The molecule has 0 aliphatic heterocycles. The van der Waals surface area contributed by atoms with Gasteiger partial charge in [-0.2, -0.15) is 0 Å². The van der Waals surface area contributed by atoms with Crippen molar-refractivity contribution in [3.63, 3.8) is 0 Å². The second-order valence-corrected chi connectivity index (χ2v) is 6.87. The summed E-state index contributed by atoms with van der Waals surface area (Å²) in [7, 11) is 0. The van der Waals surface area contributed by atoms with Crippen molar-refractivity contribution >= 4 is 35.1 Å². The van der Waals surface area contributed by atoms with Crippen molar-refractivity contribution in [2.75, 3.05) is 11.9 Å². The fourth-order valence-electron chi connectivity index (χ4n) is 2.66. The Balaban J connectivity index is 1.70. The Morgan fingerprint density at radius 3 is 2.68 bits per heavy atom. The van der Waals surface area contributed by atoms with Gasteiger partial charge in [0, 0.05) is 22.5 Å². The fraction of sp³-hybridized carbons (Fsp3) is 0.130. The van der Waals surface area contributed by atoms with Gasteiger partial charge in [0.1, 0.15) is 5.75 Å². The van der Waals surface area contributed by atoms with Crippen molar-refractivity contribution in [1.29, 1.82) is 0 Å². The molecule has 0 aromatic heterocycles. The minimum Gasteiger partial charge on any atom is -0.483 e. The molecule has 3 aromatic carbocycles. The van der Waals surface area contributed by atoms with Crippen LogP contribution >= 0.6 is 11.6 Å². The van der Waals surface area contributed by atoms with Crippen LogP contribution in [-0.4, -0.2) is 18.7 Å². The summed E-state index contributed by atoms with van der Waals surface area (Å²) in [6.45, 7) is 3.86. The summed E-state index contributed by atoms with van der Waals surface area (Å²) in [6.07, 6.45) is 1.70. The molecule has 3 rings (SSSR count). The van der Waals surface area contributed by atoms with Crippen LogP contribution in [0.1, 0.15) is 16.7 Å². The zero-order valence-corrected chi connectivity index (χ0v) is 16.5. The third-order valence-electron chi connectivity index (χ3n) is 4.09. The lowest BCUT2D eigenvalue weighted by molar-refractivity contribution is -0.118. The molecule has 0 heterocycles. The molecule has 0 bridgehead atoms. The summed E-state index contributed by atoms with van der Waals surface area (Å²) >= 11 is 6.12. The highest BCUT2D eigenvalue weighted by molar-refractivity contribution is 6.30. The van der Waals surface area contributed by atoms with E-state index in [1.807, 2.05) is 62.4 Å². The van der Waals surface area contributed by atoms with Gasteiger partial charge in [0.15, 0.2) is 6.61 Å². The average molecular weight is 393 g/mol. The molecule has 0 unspecified atom stereocenters. The van der Waals surface area contributed by atoms with Crippen molar-refractivity contribution in [2.24, 2.45) is 4.99 Å². The topological polar surface area (TPSA) is 50.7 Å². The summed E-state index contributed by atoms with van der Waals surface area (Å²) in [5.74, 6) is 0.309. The zero-order valence-electron chi connectivity index (χ0n) is 15.8. The van der Waals surface area contributed by atoms with E-state index in [-0.39, 0.29) is 12.5 Å². The monoisotopic (exact) mass is 392 g/mol. The minimum atomic E-state index is -0.234. The predicted molar refractivity (Wildman–Crippen MR) is 115 cm³/mol. The summed E-state index contributed by atoms with van der Waals surface area (Å²) in [4.78, 5) is 16.7. The molecular weight excluding hydrogens is 372 g/mol. The van der Waals surface area contributed by atoms with Crippen molar-refractivity contribution in [2.45, 2.75) is 13.8 Å². The predicted octanol–water partition coefficient (Wildman–Crippen LogP) is 5.72. The lowest BCUT2D eigenvalue weighted by atomic mass is 10.2. The number of amides is 1. The molecule has 28 heavy (non-hydrogen) atoms. The second-order valence-electron chi connectivity index (χ2n) is 6.43. The highest BCUT2D eigenvalue weighted by Gasteiger charge is 2.08. The number of aryl methyl sites for hydroxylation is 2. The number of aliphatic imine (C=N–C) groups is 1. The van der Waals surface area contributed by atoms with Crippen LogP contribution in [-0.2, 0) is 4.79 Å². The number of ether oxygens (including phenoxy) is 1. The molecule has 0 fully saturated rings. The minimum absolute atomic E-state index is 0.110. The Morgan fingerprint density at radius 2 is 1.89 bits per heavy atom. The molecule has 0 spiro atoms. The molecule has 1 N–H and O–H groups in total. The SMILES string of the molecule is Cc1cccc(NC(=O)COc2ccc(Cl)cc2C=Nc2ccccc2C)c1. The number of para-hydroxylation sites is 1. The van der Waals surface area contributed by atoms with Crippen LogP contribution in [0.15, 0.2) is 71.7 Å². The summed E-state index contributed by atoms with van der Waals surface area (Å²) in [5.41, 5.74) is 4.46. The van der Waals surface area contributed by atoms with E-state index in [2.05, 4.69) is 10.3 Å². The summed E-state index contributed by atoms with van der Waals surface area (Å²) in [6, 6.07) is 20.7. The molecule has 142 valence electrons. The van der Waals surface area contributed by atoms with Crippen LogP contribution in [0.5, 0.6) is 5.75 Å². The summed E-state index contributed by atoms with van der Waals surface area (Å²) < 4.78 is 5.71. The van der Waals surface area contributed by atoms with E-state index in [0.717, 1.165) is 22.5 Å². The van der Waals surface area contributed by atoms with Crippen LogP contribution < -0.4 is 10.1 Å². The van der Waals surface area contributed by atoms with Crippen molar-refractivity contribution in [1.82, 2.24) is 0 Å². The third kappa shape index (κ3) is 5.44. The van der Waals surface area contributed by atoms with Gasteiger partial charge in [-0.15, -0.1) is 0 Å². The number of hydrogen-bond acceptors (Lipinski definition) is 3. The average Bonchev–Trinajstić information content (AvgIpc) is 2.66. The Hall–Kier alpha value is -3.11. The van der Waals surface area contributed by atoms with Crippen LogP contribution in [0.25, 0.3) is 0 Å². The van der Waals surface area contributed by atoms with Crippen LogP contribution in [0.3, 0.4) is 0 Å². The van der Waals surface area contributed by atoms with Gasteiger partial charge in [-0.25, -0.2) is 0 Å². The first-order chi connectivity index (χ1) is 13.5. The van der Waals surface area contributed by atoms with Gasteiger partial charge >= 0.3 is 0 Å². The number of anilines is 1. The number of rotatable bonds is 6. The Morgan fingerprint density at radius 1 is 1.07 bits per heavy atom. The number of hydrogen-bond donors (Lipinski definition) is 1. The summed E-state index contributed by atoms with van der Waals surface area (Å²) in [5, 5.41) is 3.40. The molecule has 3 aromatic rings. The molecule has 4 nitrogen and oxygen atoms in total. The molecule has 0 aliphatic rings. The van der Waals surface area contributed by atoms with Gasteiger partial charge in [-0.3, -0.25) is 9.79 Å². The highest BCUT2D eigenvalue weighted by Crippen LogP contribution is 2.23. The molecule has 5 heteroatoms.